The molecular weight excluding hydrogens is 254 g/mol. The summed E-state index contributed by atoms with van der Waals surface area (Å²) in [5.74, 6) is 1.32. The van der Waals surface area contributed by atoms with Gasteiger partial charge in [-0.15, -0.1) is 0 Å². The van der Waals surface area contributed by atoms with Crippen molar-refractivity contribution >= 4 is 0 Å². The number of hydrogen-bond acceptors (Lipinski definition) is 1. The molecule has 0 N–H and O–H groups in total. The van der Waals surface area contributed by atoms with Crippen molar-refractivity contribution in [1.29, 1.82) is 5.26 Å². The first-order valence-electron chi connectivity index (χ1n) is 8.53. The van der Waals surface area contributed by atoms with E-state index in [4.69, 9.17) is 0 Å². The van der Waals surface area contributed by atoms with Crippen molar-refractivity contribution < 1.29 is 0 Å². The molecule has 0 aliphatic heterocycles. The Kier molecular flexibility index (Phi) is 6.46. The first-order valence-corrected chi connectivity index (χ1v) is 8.53. The lowest BCUT2D eigenvalue weighted by Gasteiger charge is -2.44. The van der Waals surface area contributed by atoms with Crippen molar-refractivity contribution in [2.75, 3.05) is 0 Å². The number of hydrogen-bond donors (Lipinski definition) is 0. The van der Waals surface area contributed by atoms with Gasteiger partial charge in [0.2, 0.25) is 0 Å². The predicted molar refractivity (Wildman–Crippen MR) is 91.4 cm³/mol. The molecule has 0 bridgehead atoms. The first kappa shape index (κ1) is 17.8. The van der Waals surface area contributed by atoms with E-state index in [0.29, 0.717) is 11.8 Å². The van der Waals surface area contributed by atoms with Crippen molar-refractivity contribution in [3.8, 4) is 6.07 Å². The quantitative estimate of drug-likeness (QED) is 0.682. The van der Waals surface area contributed by atoms with Crippen LogP contribution in [0.3, 0.4) is 0 Å². The highest BCUT2D eigenvalue weighted by Crippen LogP contribution is 2.47. The van der Waals surface area contributed by atoms with Crippen molar-refractivity contribution in [1.82, 2.24) is 0 Å². The summed E-state index contributed by atoms with van der Waals surface area (Å²) in [6.45, 7) is 13.3. The Labute approximate surface area is 131 Å². The molecule has 0 amide bonds. The maximum absolute atomic E-state index is 9.18. The normalized spacial score (nSPS) is 20.5. The van der Waals surface area contributed by atoms with Gasteiger partial charge in [0.15, 0.2) is 0 Å². The van der Waals surface area contributed by atoms with E-state index < -0.39 is 0 Å². The van der Waals surface area contributed by atoms with Gasteiger partial charge in [-0.2, -0.15) is 5.26 Å². The molecule has 1 aromatic rings. The fraction of sp³-hybridized carbons (Fsp3) is 0.650. The Morgan fingerprint density at radius 2 is 1.86 bits per heavy atom. The van der Waals surface area contributed by atoms with Crippen LogP contribution in [0.5, 0.6) is 0 Å². The molecule has 0 saturated heterocycles. The second-order valence-electron chi connectivity index (χ2n) is 6.75. The largest absolute Gasteiger partial charge is 0.192 e. The van der Waals surface area contributed by atoms with Gasteiger partial charge in [0.05, 0.1) is 11.6 Å². The fourth-order valence-electron chi connectivity index (χ4n) is 3.83. The standard InChI is InChI=1S/C18H25N.C2H6/c1-13(2)11-18(14(3)4)9-5-6-16-8-7-15(12-19)10-17(16)18;1-2/h7-8,10,13-14H,5-6,9,11H2,1-4H3;1-2H3. The van der Waals surface area contributed by atoms with Gasteiger partial charge < -0.3 is 0 Å². The van der Waals surface area contributed by atoms with E-state index >= 15 is 0 Å². The lowest BCUT2D eigenvalue weighted by Crippen LogP contribution is -2.37. The monoisotopic (exact) mass is 285 g/mol. The average Bonchev–Trinajstić information content (AvgIpc) is 2.48. The fourth-order valence-corrected chi connectivity index (χ4v) is 3.83. The third kappa shape index (κ3) is 3.67. The van der Waals surface area contributed by atoms with E-state index in [-0.39, 0.29) is 5.41 Å². The summed E-state index contributed by atoms with van der Waals surface area (Å²) in [6.07, 6.45) is 4.95. The van der Waals surface area contributed by atoms with Gasteiger partial charge in [-0.25, -0.2) is 0 Å². The molecule has 1 aliphatic rings. The SMILES string of the molecule is CC.CC(C)CC1(C(C)C)CCCc2ccc(C#N)cc21. The molecule has 1 aromatic carbocycles. The van der Waals surface area contributed by atoms with Crippen LogP contribution >= 0.6 is 0 Å². The molecule has 0 heterocycles. The molecule has 0 aromatic heterocycles. The second-order valence-corrected chi connectivity index (χ2v) is 6.75. The summed E-state index contributed by atoms with van der Waals surface area (Å²) in [4.78, 5) is 0. The van der Waals surface area contributed by atoms with Crippen LogP contribution in [0.4, 0.5) is 0 Å². The third-order valence-corrected chi connectivity index (χ3v) is 4.72. The van der Waals surface area contributed by atoms with Crippen LogP contribution in [-0.2, 0) is 11.8 Å². The van der Waals surface area contributed by atoms with E-state index in [1.165, 1.54) is 36.8 Å². The molecule has 1 unspecified atom stereocenters. The maximum atomic E-state index is 9.18. The molecule has 1 aliphatic carbocycles. The molecule has 1 nitrogen and oxygen atoms in total. The van der Waals surface area contributed by atoms with Crippen molar-refractivity contribution in [2.45, 2.75) is 72.6 Å². The van der Waals surface area contributed by atoms with Crippen molar-refractivity contribution in [3.05, 3.63) is 34.9 Å². The summed E-state index contributed by atoms with van der Waals surface area (Å²) in [5, 5.41) is 9.18. The average molecular weight is 285 g/mol. The van der Waals surface area contributed by atoms with Crippen LogP contribution < -0.4 is 0 Å². The van der Waals surface area contributed by atoms with Crippen LogP contribution in [0, 0.1) is 23.2 Å². The summed E-state index contributed by atoms with van der Waals surface area (Å²) in [7, 11) is 0. The summed E-state index contributed by atoms with van der Waals surface area (Å²) in [5.41, 5.74) is 4.02. The van der Waals surface area contributed by atoms with Gasteiger partial charge in [-0.3, -0.25) is 0 Å². The minimum Gasteiger partial charge on any atom is -0.192 e. The molecule has 116 valence electrons. The van der Waals surface area contributed by atoms with E-state index in [2.05, 4.69) is 45.9 Å². The van der Waals surface area contributed by atoms with E-state index in [1.54, 1.807) is 0 Å². The zero-order valence-corrected chi connectivity index (χ0v) is 14.7. The third-order valence-electron chi connectivity index (χ3n) is 4.72. The Bertz CT molecular complexity index is 493. The second kappa shape index (κ2) is 7.64. The topological polar surface area (TPSA) is 23.8 Å². The van der Waals surface area contributed by atoms with E-state index in [9.17, 15) is 5.26 Å². The van der Waals surface area contributed by atoms with Gasteiger partial charge in [0, 0.05) is 0 Å². The number of aryl methyl sites for hydroxylation is 1. The lowest BCUT2D eigenvalue weighted by atomic mass is 9.60. The molecular formula is C20H31N. The highest BCUT2D eigenvalue weighted by Gasteiger charge is 2.39. The van der Waals surface area contributed by atoms with E-state index in [0.717, 1.165) is 5.56 Å². The molecule has 1 heteroatoms. The summed E-state index contributed by atoms with van der Waals surface area (Å²) < 4.78 is 0. The number of nitrogens with zero attached hydrogens (tertiary/aromatic N) is 1. The number of fused-ring (bicyclic) bond motifs is 1. The van der Waals surface area contributed by atoms with Gasteiger partial charge in [-0.1, -0.05) is 47.6 Å². The zero-order chi connectivity index (χ0) is 16.0. The number of rotatable bonds is 3. The molecule has 21 heavy (non-hydrogen) atoms. The molecule has 0 fully saturated rings. The smallest absolute Gasteiger partial charge is 0.0991 e. The number of nitriles is 1. The highest BCUT2D eigenvalue weighted by atomic mass is 14.4. The molecule has 0 radical (unpaired) electrons. The molecule has 0 spiro atoms. The summed E-state index contributed by atoms with van der Waals surface area (Å²) >= 11 is 0. The highest BCUT2D eigenvalue weighted by molar-refractivity contribution is 5.44. The van der Waals surface area contributed by atoms with Crippen LogP contribution in [-0.4, -0.2) is 0 Å². The molecule has 2 rings (SSSR count). The predicted octanol–water partition coefficient (Wildman–Crippen LogP) is 5.86. The van der Waals surface area contributed by atoms with Crippen molar-refractivity contribution in [3.63, 3.8) is 0 Å². The van der Waals surface area contributed by atoms with Crippen LogP contribution in [0.2, 0.25) is 0 Å². The molecule has 1 atom stereocenters. The Morgan fingerprint density at radius 1 is 1.19 bits per heavy atom. The Hall–Kier alpha value is -1.29. The molecule has 0 saturated carbocycles. The van der Waals surface area contributed by atoms with Crippen LogP contribution in [0.1, 0.15) is 77.5 Å². The Balaban J connectivity index is 0.00000106. The van der Waals surface area contributed by atoms with Crippen molar-refractivity contribution in [2.24, 2.45) is 11.8 Å². The summed E-state index contributed by atoms with van der Waals surface area (Å²) in [6, 6.07) is 8.63. The zero-order valence-electron chi connectivity index (χ0n) is 14.7. The first-order chi connectivity index (χ1) is 9.99. The van der Waals surface area contributed by atoms with Gasteiger partial charge in [-0.05, 0) is 66.2 Å². The minimum absolute atomic E-state index is 0.272. The van der Waals surface area contributed by atoms with E-state index in [1.807, 2.05) is 19.9 Å². The Morgan fingerprint density at radius 3 is 2.38 bits per heavy atom. The van der Waals surface area contributed by atoms with Gasteiger partial charge in [0.25, 0.3) is 0 Å². The van der Waals surface area contributed by atoms with Crippen LogP contribution in [0.15, 0.2) is 18.2 Å². The number of benzene rings is 1. The lowest BCUT2D eigenvalue weighted by molar-refractivity contribution is 0.216. The minimum atomic E-state index is 0.272. The van der Waals surface area contributed by atoms with Gasteiger partial charge in [0.1, 0.15) is 0 Å². The maximum Gasteiger partial charge on any atom is 0.0991 e. The van der Waals surface area contributed by atoms with Crippen LogP contribution in [0.25, 0.3) is 0 Å². The van der Waals surface area contributed by atoms with Gasteiger partial charge >= 0.3 is 0 Å².